The molecule has 1 fully saturated rings. The Bertz CT molecular complexity index is 597. The Labute approximate surface area is 150 Å². The molecule has 0 aliphatic carbocycles. The molecule has 1 aliphatic rings. The van der Waals surface area contributed by atoms with Crippen LogP contribution in [0.25, 0.3) is 0 Å². The highest BCUT2D eigenvalue weighted by atomic mass is 16.2. The number of nitrogens with zero attached hydrogens (tertiary/aromatic N) is 3. The molecule has 1 aromatic heterocycles. The Kier molecular flexibility index (Phi) is 6.21. The maximum atomic E-state index is 12.4. The summed E-state index contributed by atoms with van der Waals surface area (Å²) in [7, 11) is 0. The highest BCUT2D eigenvalue weighted by molar-refractivity contribution is 5.92. The lowest BCUT2D eigenvalue weighted by Gasteiger charge is -2.36. The van der Waals surface area contributed by atoms with Gasteiger partial charge in [-0.05, 0) is 60.5 Å². The van der Waals surface area contributed by atoms with Gasteiger partial charge in [0, 0.05) is 24.2 Å². The molecule has 0 saturated carbocycles. The number of likely N-dealkylation sites (tertiary alicyclic amines) is 1. The summed E-state index contributed by atoms with van der Waals surface area (Å²) in [6.45, 7) is 12.2. The second-order valence-electron chi connectivity index (χ2n) is 7.80. The third-order valence-corrected chi connectivity index (χ3v) is 4.55. The van der Waals surface area contributed by atoms with Crippen molar-refractivity contribution in [2.24, 2.45) is 5.92 Å². The first kappa shape index (κ1) is 19.4. The fourth-order valence-corrected chi connectivity index (χ4v) is 3.03. The monoisotopic (exact) mass is 349 g/mol. The van der Waals surface area contributed by atoms with Crippen LogP contribution in [0.2, 0.25) is 0 Å². The average Bonchev–Trinajstić information content (AvgIpc) is 3.00. The minimum Gasteiger partial charge on any atom is -0.350 e. The Balaban J connectivity index is 1.82. The highest BCUT2D eigenvalue weighted by Gasteiger charge is 2.30. The van der Waals surface area contributed by atoms with E-state index in [0.717, 1.165) is 38.2 Å². The summed E-state index contributed by atoms with van der Waals surface area (Å²) in [4.78, 5) is 26.9. The maximum Gasteiger partial charge on any atom is 0.237 e. The van der Waals surface area contributed by atoms with E-state index in [1.165, 1.54) is 0 Å². The van der Waals surface area contributed by atoms with E-state index in [2.05, 4.69) is 20.6 Å². The first-order valence-electron chi connectivity index (χ1n) is 9.09. The van der Waals surface area contributed by atoms with Crippen molar-refractivity contribution < 1.29 is 9.59 Å². The number of anilines is 1. The topological polar surface area (TPSA) is 79.3 Å². The lowest BCUT2D eigenvalue weighted by atomic mass is 9.94. The largest absolute Gasteiger partial charge is 0.350 e. The molecule has 2 rings (SSSR count). The van der Waals surface area contributed by atoms with Crippen LogP contribution < -0.4 is 10.6 Å². The van der Waals surface area contributed by atoms with E-state index in [1.54, 1.807) is 10.9 Å². The number of rotatable bonds is 5. The Hall–Kier alpha value is -1.89. The van der Waals surface area contributed by atoms with Crippen molar-refractivity contribution in [1.29, 1.82) is 0 Å². The molecule has 0 radical (unpaired) electrons. The van der Waals surface area contributed by atoms with Crippen molar-refractivity contribution in [2.75, 3.05) is 18.4 Å². The van der Waals surface area contributed by atoms with Crippen LogP contribution >= 0.6 is 0 Å². The SMILES string of the molecule is CCn1cc(NC(=O)C2CCN(C(C)C(=O)NC(C)(C)C)CC2)cn1. The van der Waals surface area contributed by atoms with Crippen molar-refractivity contribution in [3.63, 3.8) is 0 Å². The molecule has 1 unspecified atom stereocenters. The first-order chi connectivity index (χ1) is 11.7. The van der Waals surface area contributed by atoms with Crippen molar-refractivity contribution in [1.82, 2.24) is 20.0 Å². The Morgan fingerprint density at radius 1 is 1.32 bits per heavy atom. The number of carbonyl (C=O) groups is 2. The van der Waals surface area contributed by atoms with Crippen LogP contribution in [0.3, 0.4) is 0 Å². The molecule has 1 atom stereocenters. The Morgan fingerprint density at radius 2 is 1.96 bits per heavy atom. The van der Waals surface area contributed by atoms with Gasteiger partial charge in [-0.25, -0.2) is 0 Å². The standard InChI is InChI=1S/C18H31N5O2/c1-6-23-12-15(11-19-23)20-17(25)14-7-9-22(10-8-14)13(2)16(24)21-18(3,4)5/h11-14H,6-10H2,1-5H3,(H,20,25)(H,21,24). The van der Waals surface area contributed by atoms with E-state index < -0.39 is 0 Å². The van der Waals surface area contributed by atoms with Crippen molar-refractivity contribution in [3.8, 4) is 0 Å². The summed E-state index contributed by atoms with van der Waals surface area (Å²) in [6, 6.07) is -0.175. The van der Waals surface area contributed by atoms with E-state index in [9.17, 15) is 9.59 Å². The summed E-state index contributed by atoms with van der Waals surface area (Å²) >= 11 is 0. The molecule has 7 nitrogen and oxygen atoms in total. The zero-order valence-corrected chi connectivity index (χ0v) is 16.0. The molecule has 1 saturated heterocycles. The zero-order valence-electron chi connectivity index (χ0n) is 16.0. The molecule has 25 heavy (non-hydrogen) atoms. The van der Waals surface area contributed by atoms with Crippen LogP contribution in [0.1, 0.15) is 47.5 Å². The molecule has 0 aromatic carbocycles. The van der Waals surface area contributed by atoms with E-state index in [1.807, 2.05) is 40.8 Å². The van der Waals surface area contributed by atoms with Gasteiger partial charge in [-0.3, -0.25) is 19.2 Å². The van der Waals surface area contributed by atoms with Crippen LogP contribution in [0, 0.1) is 5.92 Å². The minimum absolute atomic E-state index is 0.0147. The lowest BCUT2D eigenvalue weighted by Crippen LogP contribution is -2.53. The van der Waals surface area contributed by atoms with Crippen molar-refractivity contribution >= 4 is 17.5 Å². The summed E-state index contributed by atoms with van der Waals surface area (Å²) in [6.07, 6.45) is 5.04. The number of hydrogen-bond donors (Lipinski definition) is 2. The third kappa shape index (κ3) is 5.56. The van der Waals surface area contributed by atoms with Gasteiger partial charge in [0.05, 0.1) is 17.9 Å². The zero-order chi connectivity index (χ0) is 18.6. The molecule has 0 spiro atoms. The normalized spacial score (nSPS) is 18.0. The lowest BCUT2D eigenvalue weighted by molar-refractivity contribution is -0.128. The fraction of sp³-hybridized carbons (Fsp3) is 0.722. The second kappa shape index (κ2) is 7.99. The smallest absolute Gasteiger partial charge is 0.237 e. The summed E-state index contributed by atoms with van der Waals surface area (Å²) in [5, 5.41) is 10.1. The predicted molar refractivity (Wildman–Crippen MR) is 98.2 cm³/mol. The van der Waals surface area contributed by atoms with Gasteiger partial charge in [0.2, 0.25) is 11.8 Å². The van der Waals surface area contributed by atoms with E-state index in [-0.39, 0.29) is 29.3 Å². The molecule has 2 heterocycles. The summed E-state index contributed by atoms with van der Waals surface area (Å²) < 4.78 is 1.79. The van der Waals surface area contributed by atoms with Crippen molar-refractivity contribution in [2.45, 2.75) is 65.6 Å². The molecular formula is C18H31N5O2. The van der Waals surface area contributed by atoms with Crippen LogP contribution in [0.5, 0.6) is 0 Å². The maximum absolute atomic E-state index is 12.4. The number of piperidine rings is 1. The van der Waals surface area contributed by atoms with Crippen LogP contribution in [-0.4, -0.2) is 51.2 Å². The first-order valence-corrected chi connectivity index (χ1v) is 9.09. The molecule has 7 heteroatoms. The van der Waals surface area contributed by atoms with Crippen LogP contribution in [0.4, 0.5) is 5.69 Å². The molecule has 1 aliphatic heterocycles. The highest BCUT2D eigenvalue weighted by Crippen LogP contribution is 2.21. The summed E-state index contributed by atoms with van der Waals surface area (Å²) in [5.74, 6) is 0.0728. The fourth-order valence-electron chi connectivity index (χ4n) is 3.03. The number of nitrogens with one attached hydrogen (secondary N) is 2. The number of aryl methyl sites for hydroxylation is 1. The van der Waals surface area contributed by atoms with Gasteiger partial charge in [-0.2, -0.15) is 5.10 Å². The Morgan fingerprint density at radius 3 is 2.48 bits per heavy atom. The van der Waals surface area contributed by atoms with Gasteiger partial charge in [-0.15, -0.1) is 0 Å². The van der Waals surface area contributed by atoms with Crippen LogP contribution in [-0.2, 0) is 16.1 Å². The second-order valence-corrected chi connectivity index (χ2v) is 7.80. The van der Waals surface area contributed by atoms with Gasteiger partial charge in [0.15, 0.2) is 0 Å². The van der Waals surface area contributed by atoms with Gasteiger partial charge in [0.25, 0.3) is 0 Å². The number of amides is 2. The van der Waals surface area contributed by atoms with Crippen molar-refractivity contribution in [3.05, 3.63) is 12.4 Å². The molecule has 2 N–H and O–H groups in total. The van der Waals surface area contributed by atoms with E-state index in [0.29, 0.717) is 0 Å². The molecule has 0 bridgehead atoms. The molecule has 140 valence electrons. The summed E-state index contributed by atoms with van der Waals surface area (Å²) in [5.41, 5.74) is 0.513. The van der Waals surface area contributed by atoms with Gasteiger partial charge >= 0.3 is 0 Å². The van der Waals surface area contributed by atoms with Gasteiger partial charge < -0.3 is 10.6 Å². The third-order valence-electron chi connectivity index (χ3n) is 4.55. The average molecular weight is 349 g/mol. The minimum atomic E-state index is -0.230. The number of carbonyl (C=O) groups excluding carboxylic acids is 2. The quantitative estimate of drug-likeness (QED) is 0.850. The van der Waals surface area contributed by atoms with Gasteiger partial charge in [0.1, 0.15) is 0 Å². The van der Waals surface area contributed by atoms with E-state index in [4.69, 9.17) is 0 Å². The van der Waals surface area contributed by atoms with Crippen LogP contribution in [0.15, 0.2) is 12.4 Å². The molecule has 1 aromatic rings. The molecular weight excluding hydrogens is 318 g/mol. The number of hydrogen-bond acceptors (Lipinski definition) is 4. The molecule has 2 amide bonds. The number of aromatic nitrogens is 2. The van der Waals surface area contributed by atoms with Gasteiger partial charge in [-0.1, -0.05) is 0 Å². The predicted octanol–water partition coefficient (Wildman–Crippen LogP) is 1.86. The van der Waals surface area contributed by atoms with E-state index >= 15 is 0 Å².